The number of nitrogens with zero attached hydrogens (tertiary/aromatic N) is 2. The molecule has 0 saturated carbocycles. The maximum absolute atomic E-state index is 5.66. The maximum Gasteiger partial charge on any atom is 0.160 e. The summed E-state index contributed by atoms with van der Waals surface area (Å²) in [7, 11) is 1.69. The van der Waals surface area contributed by atoms with Crippen molar-refractivity contribution in [2.75, 3.05) is 33.4 Å². The number of methoxy groups -OCH3 is 1. The summed E-state index contributed by atoms with van der Waals surface area (Å²) in [5.74, 6) is 1.41. The van der Waals surface area contributed by atoms with Crippen molar-refractivity contribution < 1.29 is 14.2 Å². The van der Waals surface area contributed by atoms with Crippen molar-refractivity contribution in [3.63, 3.8) is 0 Å². The van der Waals surface area contributed by atoms with E-state index in [0.717, 1.165) is 67.7 Å². The molecular formula is C19H24N2O3S. The molecule has 0 bridgehead atoms. The van der Waals surface area contributed by atoms with Gasteiger partial charge in [0.1, 0.15) is 10.8 Å². The van der Waals surface area contributed by atoms with Crippen molar-refractivity contribution in [2.45, 2.75) is 25.7 Å². The van der Waals surface area contributed by atoms with Crippen molar-refractivity contribution >= 4 is 11.3 Å². The highest BCUT2D eigenvalue weighted by atomic mass is 32.1. The largest absolute Gasteiger partial charge is 0.497 e. The second-order valence-corrected chi connectivity index (χ2v) is 7.46. The molecular weight excluding hydrogens is 336 g/mol. The van der Waals surface area contributed by atoms with Gasteiger partial charge in [0.15, 0.2) is 6.29 Å². The number of likely N-dealkylation sites (tertiary alicyclic amines) is 1. The highest BCUT2D eigenvalue weighted by Gasteiger charge is 2.30. The van der Waals surface area contributed by atoms with Gasteiger partial charge in [-0.2, -0.15) is 0 Å². The Labute approximate surface area is 152 Å². The first kappa shape index (κ1) is 17.0. The molecule has 2 aliphatic rings. The van der Waals surface area contributed by atoms with Gasteiger partial charge in [-0.05, 0) is 38.1 Å². The normalized spacial score (nSPS) is 20.2. The van der Waals surface area contributed by atoms with E-state index in [0.29, 0.717) is 5.92 Å². The number of hydrogen-bond donors (Lipinski definition) is 0. The third-order valence-electron chi connectivity index (χ3n) is 4.92. The first-order valence-corrected chi connectivity index (χ1v) is 9.74. The lowest BCUT2D eigenvalue weighted by Crippen LogP contribution is -2.37. The first-order valence-electron chi connectivity index (χ1n) is 8.86. The molecule has 2 aromatic rings. The summed E-state index contributed by atoms with van der Waals surface area (Å²) >= 11 is 1.70. The second-order valence-electron chi connectivity index (χ2n) is 6.60. The molecule has 0 radical (unpaired) electrons. The van der Waals surface area contributed by atoms with Gasteiger partial charge in [-0.3, -0.25) is 4.90 Å². The number of benzene rings is 1. The molecule has 2 saturated heterocycles. The van der Waals surface area contributed by atoms with Gasteiger partial charge in [-0.1, -0.05) is 12.1 Å². The Bertz CT molecular complexity index is 691. The summed E-state index contributed by atoms with van der Waals surface area (Å²) in [6.07, 6.45) is 2.30. The van der Waals surface area contributed by atoms with E-state index < -0.39 is 0 Å². The molecule has 5 nitrogen and oxygen atoms in total. The fraction of sp³-hybridized carbons (Fsp3) is 0.526. The number of rotatable bonds is 5. The Kier molecular flexibility index (Phi) is 5.31. The Balaban J connectivity index is 1.34. The SMILES string of the molecule is COc1cccc(-c2nc(CN3CCC(C4OCCO4)CC3)cs2)c1. The van der Waals surface area contributed by atoms with E-state index in [2.05, 4.69) is 16.3 Å². The molecule has 0 atom stereocenters. The van der Waals surface area contributed by atoms with E-state index in [9.17, 15) is 0 Å². The monoisotopic (exact) mass is 360 g/mol. The number of ether oxygens (including phenoxy) is 3. The van der Waals surface area contributed by atoms with Crippen LogP contribution in [0.4, 0.5) is 0 Å². The number of piperidine rings is 1. The van der Waals surface area contributed by atoms with Crippen LogP contribution >= 0.6 is 11.3 Å². The zero-order valence-corrected chi connectivity index (χ0v) is 15.3. The molecule has 6 heteroatoms. The maximum atomic E-state index is 5.66. The van der Waals surface area contributed by atoms with Crippen LogP contribution < -0.4 is 4.74 Å². The van der Waals surface area contributed by atoms with Gasteiger partial charge in [0, 0.05) is 23.4 Å². The van der Waals surface area contributed by atoms with Crippen molar-refractivity contribution in [2.24, 2.45) is 5.92 Å². The molecule has 1 aromatic carbocycles. The molecule has 0 N–H and O–H groups in total. The van der Waals surface area contributed by atoms with Gasteiger partial charge in [-0.25, -0.2) is 4.98 Å². The number of aromatic nitrogens is 1. The van der Waals surface area contributed by atoms with Gasteiger partial charge in [-0.15, -0.1) is 11.3 Å². The highest BCUT2D eigenvalue weighted by molar-refractivity contribution is 7.13. The van der Waals surface area contributed by atoms with Crippen molar-refractivity contribution in [3.05, 3.63) is 35.3 Å². The minimum Gasteiger partial charge on any atom is -0.497 e. The predicted octanol–water partition coefficient (Wildman–Crippen LogP) is 3.40. The average molecular weight is 360 g/mol. The van der Waals surface area contributed by atoms with Crippen LogP contribution in [0, 0.1) is 5.92 Å². The molecule has 2 fully saturated rings. The minimum absolute atomic E-state index is 0.0288. The summed E-state index contributed by atoms with van der Waals surface area (Å²) in [6, 6.07) is 8.08. The fourth-order valence-corrected chi connectivity index (χ4v) is 4.34. The summed E-state index contributed by atoms with van der Waals surface area (Å²) < 4.78 is 16.6. The van der Waals surface area contributed by atoms with Crippen LogP contribution in [-0.2, 0) is 16.0 Å². The first-order chi connectivity index (χ1) is 12.3. The van der Waals surface area contributed by atoms with Crippen molar-refractivity contribution in [1.82, 2.24) is 9.88 Å². The molecule has 0 aliphatic carbocycles. The predicted molar refractivity (Wildman–Crippen MR) is 97.8 cm³/mol. The Hall–Kier alpha value is -1.47. The lowest BCUT2D eigenvalue weighted by molar-refractivity contribution is -0.0978. The highest BCUT2D eigenvalue weighted by Crippen LogP contribution is 2.29. The van der Waals surface area contributed by atoms with Gasteiger partial charge < -0.3 is 14.2 Å². The van der Waals surface area contributed by atoms with E-state index in [-0.39, 0.29) is 6.29 Å². The van der Waals surface area contributed by atoms with Crippen LogP contribution in [0.5, 0.6) is 5.75 Å². The van der Waals surface area contributed by atoms with E-state index in [1.165, 1.54) is 0 Å². The van der Waals surface area contributed by atoms with Crippen LogP contribution in [0.25, 0.3) is 10.6 Å². The summed E-state index contributed by atoms with van der Waals surface area (Å²) in [6.45, 7) is 4.58. The molecule has 25 heavy (non-hydrogen) atoms. The van der Waals surface area contributed by atoms with Crippen LogP contribution in [0.3, 0.4) is 0 Å². The third-order valence-corrected chi connectivity index (χ3v) is 5.86. The van der Waals surface area contributed by atoms with E-state index >= 15 is 0 Å². The van der Waals surface area contributed by atoms with Crippen LogP contribution in [0.1, 0.15) is 18.5 Å². The molecule has 0 amide bonds. The topological polar surface area (TPSA) is 43.8 Å². The summed E-state index contributed by atoms with van der Waals surface area (Å²) in [5, 5.41) is 3.22. The molecule has 2 aliphatic heterocycles. The van der Waals surface area contributed by atoms with Gasteiger partial charge >= 0.3 is 0 Å². The van der Waals surface area contributed by atoms with E-state index in [1.54, 1.807) is 18.4 Å². The zero-order valence-electron chi connectivity index (χ0n) is 14.5. The Morgan fingerprint density at radius 1 is 1.24 bits per heavy atom. The summed E-state index contributed by atoms with van der Waals surface area (Å²) in [5.41, 5.74) is 2.26. The lowest BCUT2D eigenvalue weighted by Gasteiger charge is -2.33. The molecule has 3 heterocycles. The van der Waals surface area contributed by atoms with E-state index in [1.807, 2.05) is 18.2 Å². The van der Waals surface area contributed by atoms with Crippen molar-refractivity contribution in [1.29, 1.82) is 0 Å². The Morgan fingerprint density at radius 2 is 2.04 bits per heavy atom. The summed E-state index contributed by atoms with van der Waals surface area (Å²) in [4.78, 5) is 7.30. The van der Waals surface area contributed by atoms with Gasteiger partial charge in [0.05, 0.1) is 26.0 Å². The van der Waals surface area contributed by atoms with Crippen molar-refractivity contribution in [3.8, 4) is 16.3 Å². The Morgan fingerprint density at radius 3 is 2.80 bits per heavy atom. The quantitative estimate of drug-likeness (QED) is 0.818. The van der Waals surface area contributed by atoms with Gasteiger partial charge in [0.25, 0.3) is 0 Å². The molecule has 0 unspecified atom stereocenters. The third kappa shape index (κ3) is 4.03. The zero-order chi connectivity index (χ0) is 17.1. The second kappa shape index (κ2) is 7.83. The fourth-order valence-electron chi connectivity index (χ4n) is 3.53. The minimum atomic E-state index is 0.0288. The van der Waals surface area contributed by atoms with Crippen LogP contribution in [-0.4, -0.2) is 49.6 Å². The number of hydrogen-bond acceptors (Lipinski definition) is 6. The van der Waals surface area contributed by atoms with E-state index in [4.69, 9.17) is 19.2 Å². The number of thiazole rings is 1. The molecule has 1 aromatic heterocycles. The van der Waals surface area contributed by atoms with Crippen LogP contribution in [0.15, 0.2) is 29.6 Å². The average Bonchev–Trinajstić information content (AvgIpc) is 3.34. The van der Waals surface area contributed by atoms with Gasteiger partial charge in [0.2, 0.25) is 0 Å². The lowest BCUT2D eigenvalue weighted by atomic mass is 9.96. The van der Waals surface area contributed by atoms with Crippen LogP contribution in [0.2, 0.25) is 0 Å². The molecule has 134 valence electrons. The molecule has 0 spiro atoms. The smallest absolute Gasteiger partial charge is 0.160 e. The molecule has 4 rings (SSSR count). The standard InChI is InChI=1S/C19H24N2O3S/c1-22-17-4-2-3-15(11-17)18-20-16(13-25-18)12-21-7-5-14(6-8-21)19-23-9-10-24-19/h2-4,11,13-14,19H,5-10,12H2,1H3.